The van der Waals surface area contributed by atoms with Crippen LogP contribution in [0, 0.1) is 46.8 Å². The molecule has 0 aromatic carbocycles. The van der Waals surface area contributed by atoms with Gasteiger partial charge in [0.05, 0.1) is 19.3 Å². The molecule has 3 heterocycles. The van der Waals surface area contributed by atoms with E-state index in [9.17, 15) is 24.4 Å². The topological polar surface area (TPSA) is 165 Å². The Kier molecular flexibility index (Phi) is 8.78. The molecule has 3 N–H and O–H groups in total. The monoisotopic (exact) mass is 534 g/mol. The van der Waals surface area contributed by atoms with Gasteiger partial charge in [0.1, 0.15) is 18.2 Å². The van der Waals surface area contributed by atoms with Crippen LogP contribution in [0.1, 0.15) is 47.0 Å². The maximum Gasteiger partial charge on any atom is 0.408 e. The van der Waals surface area contributed by atoms with Crippen molar-refractivity contribution in [2.45, 2.75) is 77.5 Å². The highest BCUT2D eigenvalue weighted by molar-refractivity contribution is 5.86. The van der Waals surface area contributed by atoms with Gasteiger partial charge < -0.3 is 34.9 Å². The SMILES string of the molecule is CC(=O)OC(C#N)[C@H](CC1CCNC1=O)NC(=O)[C@H](CC(C)C)NC(=O)O[C@H]1C2CO[C@@H]3OC[C@@H]1C3[C@H]2C. The Balaban J connectivity index is 1.43. The Morgan fingerprint density at radius 1 is 1.18 bits per heavy atom. The van der Waals surface area contributed by atoms with Crippen molar-refractivity contribution in [1.29, 1.82) is 5.26 Å². The van der Waals surface area contributed by atoms with Gasteiger partial charge in [-0.3, -0.25) is 14.4 Å². The largest absolute Gasteiger partial charge is 0.445 e. The number of fused-ring (bicyclic) bond motifs is 1. The zero-order valence-corrected chi connectivity index (χ0v) is 22.3. The van der Waals surface area contributed by atoms with Crippen LogP contribution in [0.25, 0.3) is 0 Å². The first-order chi connectivity index (χ1) is 18.1. The molecular weight excluding hydrogens is 496 g/mol. The number of nitrogens with zero attached hydrogens (tertiary/aromatic N) is 1. The number of ether oxygens (including phenoxy) is 4. The van der Waals surface area contributed by atoms with Crippen LogP contribution in [0.15, 0.2) is 0 Å². The molecule has 2 bridgehead atoms. The highest BCUT2D eigenvalue weighted by Crippen LogP contribution is 2.52. The highest BCUT2D eigenvalue weighted by Gasteiger charge is 2.60. The number of nitriles is 1. The molecule has 38 heavy (non-hydrogen) atoms. The first-order valence-electron chi connectivity index (χ1n) is 13.4. The molecule has 3 aliphatic heterocycles. The van der Waals surface area contributed by atoms with E-state index < -0.39 is 42.1 Å². The van der Waals surface area contributed by atoms with E-state index in [2.05, 4.69) is 22.9 Å². The average Bonchev–Trinajstić information content (AvgIpc) is 3.49. The van der Waals surface area contributed by atoms with E-state index in [-0.39, 0.29) is 48.4 Å². The number of alkyl carbamates (subject to hydrolysis) is 1. The standard InChI is InChI=1S/C26H38N4O8/c1-12(2)7-19(30-26(34)38-22-16-10-35-25-21(13(16)3)17(22)11-36-25)24(33)29-18(20(9-27)37-14(4)31)8-15-5-6-28-23(15)32/h12-13,15-22,25H,5-8,10-11H2,1-4H3,(H,28,32)(H,29,33)(H,30,34)/t13-,15?,16?,17+,18-,19-,20?,21?,22-,25+/m0/s1. The summed E-state index contributed by atoms with van der Waals surface area (Å²) in [5, 5.41) is 17.9. The smallest absolute Gasteiger partial charge is 0.408 e. The number of rotatable bonds is 10. The number of hydrogen-bond donors (Lipinski definition) is 3. The lowest BCUT2D eigenvalue weighted by Gasteiger charge is -2.32. The second kappa shape index (κ2) is 11.9. The quantitative estimate of drug-likeness (QED) is 0.345. The van der Waals surface area contributed by atoms with Crippen LogP contribution in [0.4, 0.5) is 4.79 Å². The van der Waals surface area contributed by atoms with Crippen LogP contribution in [0.2, 0.25) is 0 Å². The maximum absolute atomic E-state index is 13.4. The molecule has 4 fully saturated rings. The Morgan fingerprint density at radius 2 is 1.89 bits per heavy atom. The molecule has 0 radical (unpaired) electrons. The second-order valence-electron chi connectivity index (χ2n) is 11.3. The summed E-state index contributed by atoms with van der Waals surface area (Å²) in [4.78, 5) is 50.2. The Labute approximate surface area is 222 Å². The van der Waals surface area contributed by atoms with E-state index in [1.165, 1.54) is 6.92 Å². The van der Waals surface area contributed by atoms with Gasteiger partial charge in [0.2, 0.25) is 17.9 Å². The fraction of sp³-hybridized carbons (Fsp3) is 0.808. The number of carbonyl (C=O) groups excluding carboxylic acids is 4. The first-order valence-corrected chi connectivity index (χ1v) is 13.4. The third-order valence-electron chi connectivity index (χ3n) is 8.21. The Morgan fingerprint density at radius 3 is 2.50 bits per heavy atom. The summed E-state index contributed by atoms with van der Waals surface area (Å²) >= 11 is 0. The van der Waals surface area contributed by atoms with Crippen LogP contribution >= 0.6 is 0 Å². The number of amides is 3. The summed E-state index contributed by atoms with van der Waals surface area (Å²) in [5.74, 6) is -1.19. The fourth-order valence-corrected chi connectivity index (χ4v) is 6.37. The van der Waals surface area contributed by atoms with E-state index in [4.69, 9.17) is 18.9 Å². The minimum atomic E-state index is -1.29. The fourth-order valence-electron chi connectivity index (χ4n) is 6.37. The molecule has 4 aliphatic rings. The number of carbonyl (C=O) groups is 4. The third-order valence-corrected chi connectivity index (χ3v) is 8.21. The van der Waals surface area contributed by atoms with Crippen molar-refractivity contribution in [1.82, 2.24) is 16.0 Å². The maximum atomic E-state index is 13.4. The van der Waals surface area contributed by atoms with Crippen molar-refractivity contribution in [2.75, 3.05) is 19.8 Å². The Bertz CT molecular complexity index is 967. The summed E-state index contributed by atoms with van der Waals surface area (Å²) in [6.07, 6.45) is -1.65. The minimum absolute atomic E-state index is 0.0488. The summed E-state index contributed by atoms with van der Waals surface area (Å²) in [6.45, 7) is 8.55. The lowest BCUT2D eigenvalue weighted by Crippen LogP contribution is -2.54. The summed E-state index contributed by atoms with van der Waals surface area (Å²) in [5.41, 5.74) is 0. The van der Waals surface area contributed by atoms with Crippen molar-refractivity contribution >= 4 is 23.9 Å². The molecule has 0 spiro atoms. The van der Waals surface area contributed by atoms with Gasteiger partial charge in [-0.1, -0.05) is 20.8 Å². The zero-order valence-electron chi connectivity index (χ0n) is 22.3. The lowest BCUT2D eigenvalue weighted by molar-refractivity contribution is -0.183. The summed E-state index contributed by atoms with van der Waals surface area (Å²) in [6, 6.07) is 0.0216. The van der Waals surface area contributed by atoms with Gasteiger partial charge in [-0.2, -0.15) is 5.26 Å². The van der Waals surface area contributed by atoms with Crippen molar-refractivity contribution in [3.63, 3.8) is 0 Å². The van der Waals surface area contributed by atoms with Crippen LogP contribution in [0.5, 0.6) is 0 Å². The predicted molar refractivity (Wildman–Crippen MR) is 131 cm³/mol. The van der Waals surface area contributed by atoms with E-state index in [0.717, 1.165) is 0 Å². The molecule has 4 rings (SSSR count). The number of nitrogens with one attached hydrogen (secondary N) is 3. The van der Waals surface area contributed by atoms with Crippen LogP contribution < -0.4 is 16.0 Å². The van der Waals surface area contributed by atoms with Crippen molar-refractivity contribution in [3.05, 3.63) is 0 Å². The van der Waals surface area contributed by atoms with Crippen molar-refractivity contribution in [2.24, 2.45) is 35.5 Å². The molecule has 3 amide bonds. The van der Waals surface area contributed by atoms with Gasteiger partial charge in [0.25, 0.3) is 0 Å². The van der Waals surface area contributed by atoms with Crippen molar-refractivity contribution in [3.8, 4) is 6.07 Å². The van der Waals surface area contributed by atoms with Gasteiger partial charge in [-0.15, -0.1) is 0 Å². The van der Waals surface area contributed by atoms with Crippen LogP contribution in [-0.4, -0.2) is 74.2 Å². The second-order valence-corrected chi connectivity index (χ2v) is 11.3. The minimum Gasteiger partial charge on any atom is -0.445 e. The third kappa shape index (κ3) is 6.04. The molecular formula is C26H38N4O8. The van der Waals surface area contributed by atoms with Gasteiger partial charge in [0, 0.05) is 37.1 Å². The van der Waals surface area contributed by atoms with Gasteiger partial charge in [-0.05, 0) is 31.1 Å². The molecule has 0 aromatic heterocycles. The molecule has 12 nitrogen and oxygen atoms in total. The van der Waals surface area contributed by atoms with E-state index in [1.54, 1.807) is 0 Å². The number of hydrogen-bond acceptors (Lipinski definition) is 9. The predicted octanol–water partition coefficient (Wildman–Crippen LogP) is 0.847. The molecule has 12 heteroatoms. The van der Waals surface area contributed by atoms with E-state index in [1.807, 2.05) is 19.9 Å². The molecule has 1 aliphatic carbocycles. The Hall–Kier alpha value is -2.91. The van der Waals surface area contributed by atoms with E-state index >= 15 is 0 Å². The molecule has 1 saturated carbocycles. The average molecular weight is 535 g/mol. The molecule has 4 unspecified atom stereocenters. The number of esters is 1. The van der Waals surface area contributed by atoms with E-state index in [0.29, 0.717) is 38.5 Å². The lowest BCUT2D eigenvalue weighted by atomic mass is 9.88. The zero-order chi connectivity index (χ0) is 27.6. The summed E-state index contributed by atoms with van der Waals surface area (Å²) < 4.78 is 22.5. The molecule has 3 saturated heterocycles. The molecule has 10 atom stereocenters. The first kappa shape index (κ1) is 28.1. The normalized spacial score (nSPS) is 33.6. The van der Waals surface area contributed by atoms with Gasteiger partial charge in [0.15, 0.2) is 6.29 Å². The van der Waals surface area contributed by atoms with Gasteiger partial charge in [-0.25, -0.2) is 4.79 Å². The van der Waals surface area contributed by atoms with Gasteiger partial charge >= 0.3 is 12.1 Å². The van der Waals surface area contributed by atoms with Crippen LogP contribution in [0.3, 0.4) is 0 Å². The van der Waals surface area contributed by atoms with Crippen LogP contribution in [-0.2, 0) is 33.3 Å². The summed E-state index contributed by atoms with van der Waals surface area (Å²) in [7, 11) is 0. The highest BCUT2D eigenvalue weighted by atomic mass is 16.7. The molecule has 210 valence electrons. The van der Waals surface area contributed by atoms with Crippen molar-refractivity contribution < 1.29 is 38.1 Å². The molecule has 0 aromatic rings.